The van der Waals surface area contributed by atoms with Crippen LogP contribution in [0.2, 0.25) is 0 Å². The van der Waals surface area contributed by atoms with Crippen molar-refractivity contribution in [3.8, 4) is 0 Å². The minimum Gasteiger partial charge on any atom is -0.356 e. The number of carbonyl (C=O) groups excluding carboxylic acids is 2. The van der Waals surface area contributed by atoms with Crippen molar-refractivity contribution in [2.45, 2.75) is 67.9 Å². The first kappa shape index (κ1) is 21.9. The standard InChI is InChI=1S/C18H37N3O2/c1-13(2)12-21-16(23)18(7,8)17(5,6)15(22)20-11-9-10-19-14(3)4/h13-14,19H,9-12H2,1-8H3,(H,20,22)(H,21,23). The normalized spacial score (nSPS) is 12.6. The van der Waals surface area contributed by atoms with Gasteiger partial charge in [-0.1, -0.05) is 55.4 Å². The van der Waals surface area contributed by atoms with Crippen LogP contribution in [0.1, 0.15) is 61.8 Å². The second-order valence-corrected chi connectivity index (χ2v) is 8.07. The van der Waals surface area contributed by atoms with E-state index in [1.54, 1.807) is 0 Å². The van der Waals surface area contributed by atoms with Crippen LogP contribution in [0.25, 0.3) is 0 Å². The van der Waals surface area contributed by atoms with Gasteiger partial charge in [0.1, 0.15) is 0 Å². The molecule has 0 atom stereocenters. The second-order valence-electron chi connectivity index (χ2n) is 8.07. The average molecular weight is 328 g/mol. The van der Waals surface area contributed by atoms with Gasteiger partial charge in [0.25, 0.3) is 0 Å². The molecule has 0 aromatic carbocycles. The summed E-state index contributed by atoms with van der Waals surface area (Å²) in [5, 5.41) is 9.23. The van der Waals surface area contributed by atoms with E-state index in [2.05, 4.69) is 43.6 Å². The number of carbonyl (C=O) groups is 2. The lowest BCUT2D eigenvalue weighted by atomic mass is 9.66. The lowest BCUT2D eigenvalue weighted by molar-refractivity contribution is -0.147. The van der Waals surface area contributed by atoms with Crippen molar-refractivity contribution >= 4 is 11.8 Å². The molecule has 3 N–H and O–H groups in total. The molecule has 5 heteroatoms. The van der Waals surface area contributed by atoms with Crippen LogP contribution in [0, 0.1) is 16.7 Å². The molecule has 0 heterocycles. The summed E-state index contributed by atoms with van der Waals surface area (Å²) in [6, 6.07) is 0.450. The molecule has 0 aliphatic heterocycles. The van der Waals surface area contributed by atoms with E-state index in [0.29, 0.717) is 25.0 Å². The van der Waals surface area contributed by atoms with Gasteiger partial charge in [-0.15, -0.1) is 0 Å². The van der Waals surface area contributed by atoms with Gasteiger partial charge in [-0.25, -0.2) is 0 Å². The predicted octanol–water partition coefficient (Wildman–Crippen LogP) is 2.32. The zero-order chi connectivity index (χ0) is 18.3. The van der Waals surface area contributed by atoms with E-state index >= 15 is 0 Å². The molecule has 0 unspecified atom stereocenters. The van der Waals surface area contributed by atoms with E-state index in [9.17, 15) is 9.59 Å². The summed E-state index contributed by atoms with van der Waals surface area (Å²) in [6.45, 7) is 17.8. The van der Waals surface area contributed by atoms with Crippen LogP contribution in [0.3, 0.4) is 0 Å². The molecule has 136 valence electrons. The largest absolute Gasteiger partial charge is 0.356 e. The van der Waals surface area contributed by atoms with Crippen LogP contribution in [0.4, 0.5) is 0 Å². The molecule has 0 spiro atoms. The smallest absolute Gasteiger partial charge is 0.226 e. The molecular weight excluding hydrogens is 290 g/mol. The molecule has 0 aliphatic rings. The van der Waals surface area contributed by atoms with E-state index < -0.39 is 10.8 Å². The first-order chi connectivity index (χ1) is 10.4. The third kappa shape index (κ3) is 6.90. The van der Waals surface area contributed by atoms with Gasteiger partial charge in [0.15, 0.2) is 0 Å². The summed E-state index contributed by atoms with van der Waals surface area (Å²) >= 11 is 0. The third-order valence-corrected chi connectivity index (χ3v) is 4.56. The fourth-order valence-corrected chi connectivity index (χ4v) is 1.99. The first-order valence-corrected chi connectivity index (χ1v) is 8.73. The van der Waals surface area contributed by atoms with Crippen molar-refractivity contribution in [2.24, 2.45) is 16.7 Å². The van der Waals surface area contributed by atoms with Crippen molar-refractivity contribution in [1.82, 2.24) is 16.0 Å². The van der Waals surface area contributed by atoms with Gasteiger partial charge in [0.2, 0.25) is 11.8 Å². The van der Waals surface area contributed by atoms with Crippen LogP contribution >= 0.6 is 0 Å². The van der Waals surface area contributed by atoms with Gasteiger partial charge in [0, 0.05) is 19.1 Å². The van der Waals surface area contributed by atoms with Crippen molar-refractivity contribution in [2.75, 3.05) is 19.6 Å². The molecule has 23 heavy (non-hydrogen) atoms. The van der Waals surface area contributed by atoms with Gasteiger partial charge in [-0.05, 0) is 18.9 Å². The summed E-state index contributed by atoms with van der Waals surface area (Å²) < 4.78 is 0. The Labute approximate surface area is 142 Å². The number of hydrogen-bond donors (Lipinski definition) is 3. The third-order valence-electron chi connectivity index (χ3n) is 4.56. The van der Waals surface area contributed by atoms with Crippen molar-refractivity contribution in [3.05, 3.63) is 0 Å². The highest BCUT2D eigenvalue weighted by Gasteiger charge is 2.48. The van der Waals surface area contributed by atoms with E-state index in [0.717, 1.165) is 13.0 Å². The van der Waals surface area contributed by atoms with Crippen LogP contribution in [-0.2, 0) is 9.59 Å². The molecule has 0 fully saturated rings. The van der Waals surface area contributed by atoms with E-state index in [1.165, 1.54) is 0 Å². The minimum atomic E-state index is -0.778. The van der Waals surface area contributed by atoms with Crippen LogP contribution in [0.15, 0.2) is 0 Å². The van der Waals surface area contributed by atoms with Gasteiger partial charge in [0.05, 0.1) is 10.8 Å². The highest BCUT2D eigenvalue weighted by atomic mass is 16.2. The van der Waals surface area contributed by atoms with Gasteiger partial charge >= 0.3 is 0 Å². The Kier molecular flexibility index (Phi) is 8.82. The topological polar surface area (TPSA) is 70.2 Å². The van der Waals surface area contributed by atoms with Crippen LogP contribution < -0.4 is 16.0 Å². The Morgan fingerprint density at radius 2 is 1.30 bits per heavy atom. The Hall–Kier alpha value is -1.10. The lowest BCUT2D eigenvalue weighted by Gasteiger charge is -2.39. The monoisotopic (exact) mass is 327 g/mol. The maximum absolute atomic E-state index is 12.5. The molecule has 0 bridgehead atoms. The molecule has 0 rings (SSSR count). The molecule has 0 saturated heterocycles. The molecule has 0 aliphatic carbocycles. The predicted molar refractivity (Wildman–Crippen MR) is 96.2 cm³/mol. The average Bonchev–Trinajstić information content (AvgIpc) is 2.43. The minimum absolute atomic E-state index is 0.0761. The van der Waals surface area contributed by atoms with Crippen LogP contribution in [0.5, 0.6) is 0 Å². The fourth-order valence-electron chi connectivity index (χ4n) is 1.99. The highest BCUT2D eigenvalue weighted by Crippen LogP contribution is 2.38. The molecule has 0 saturated carbocycles. The van der Waals surface area contributed by atoms with Gasteiger partial charge in [-0.3, -0.25) is 9.59 Å². The summed E-state index contributed by atoms with van der Waals surface area (Å²) in [4.78, 5) is 25.0. The summed E-state index contributed by atoms with van der Waals surface area (Å²) in [7, 11) is 0. The SMILES string of the molecule is CC(C)CNC(=O)C(C)(C)C(C)(C)C(=O)NCCCNC(C)C. The van der Waals surface area contributed by atoms with Gasteiger partial charge in [-0.2, -0.15) is 0 Å². The molecule has 0 radical (unpaired) electrons. The Balaban J connectivity index is 4.55. The molecule has 0 aromatic rings. The van der Waals surface area contributed by atoms with Crippen LogP contribution in [-0.4, -0.2) is 37.5 Å². The number of rotatable bonds is 10. The molecule has 5 nitrogen and oxygen atoms in total. The molecular formula is C18H37N3O2. The highest BCUT2D eigenvalue weighted by molar-refractivity contribution is 5.92. The Morgan fingerprint density at radius 1 is 0.826 bits per heavy atom. The molecule has 0 aromatic heterocycles. The maximum atomic E-state index is 12.5. The number of amides is 2. The van der Waals surface area contributed by atoms with E-state index in [-0.39, 0.29) is 11.8 Å². The number of nitrogens with one attached hydrogen (secondary N) is 3. The maximum Gasteiger partial charge on any atom is 0.226 e. The quantitative estimate of drug-likeness (QED) is 0.539. The zero-order valence-corrected chi connectivity index (χ0v) is 16.3. The summed E-state index contributed by atoms with van der Waals surface area (Å²) in [5.41, 5.74) is -1.55. The van der Waals surface area contributed by atoms with Crippen molar-refractivity contribution in [3.63, 3.8) is 0 Å². The zero-order valence-electron chi connectivity index (χ0n) is 16.3. The van der Waals surface area contributed by atoms with Crippen molar-refractivity contribution < 1.29 is 9.59 Å². The molecule has 2 amide bonds. The fraction of sp³-hybridized carbons (Fsp3) is 0.889. The summed E-state index contributed by atoms with van der Waals surface area (Å²) in [5.74, 6) is 0.236. The van der Waals surface area contributed by atoms with Crippen molar-refractivity contribution in [1.29, 1.82) is 0 Å². The first-order valence-electron chi connectivity index (χ1n) is 8.73. The number of hydrogen-bond acceptors (Lipinski definition) is 3. The van der Waals surface area contributed by atoms with Gasteiger partial charge < -0.3 is 16.0 Å². The Morgan fingerprint density at radius 3 is 1.74 bits per heavy atom. The van der Waals surface area contributed by atoms with E-state index in [1.807, 2.05) is 27.7 Å². The lowest BCUT2D eigenvalue weighted by Crippen LogP contribution is -2.54. The second kappa shape index (κ2) is 9.26. The van der Waals surface area contributed by atoms with E-state index in [4.69, 9.17) is 0 Å². The summed E-state index contributed by atoms with van der Waals surface area (Å²) in [6.07, 6.45) is 0.875. The Bertz CT molecular complexity index is 388.